The molecule has 2 N–H and O–H groups in total. The van der Waals surface area contributed by atoms with Crippen LogP contribution in [0.2, 0.25) is 0 Å². The monoisotopic (exact) mass is 332 g/mol. The van der Waals surface area contributed by atoms with Crippen molar-refractivity contribution in [2.75, 3.05) is 0 Å². The highest BCUT2D eigenvalue weighted by atomic mass is 16.3. The van der Waals surface area contributed by atoms with Gasteiger partial charge in [-0.25, -0.2) is 0 Å². The molecule has 0 saturated carbocycles. The van der Waals surface area contributed by atoms with Gasteiger partial charge >= 0.3 is 0 Å². The summed E-state index contributed by atoms with van der Waals surface area (Å²) < 4.78 is 0. The Kier molecular flexibility index (Phi) is 5.08. The average molecular weight is 332 g/mol. The Labute approximate surface area is 149 Å². The molecule has 0 amide bonds. The van der Waals surface area contributed by atoms with E-state index in [1.807, 2.05) is 54.6 Å². The van der Waals surface area contributed by atoms with Crippen molar-refractivity contribution in [3.8, 4) is 11.5 Å². The second-order valence-electron chi connectivity index (χ2n) is 6.41. The quantitative estimate of drug-likeness (QED) is 0.575. The topological polar surface area (TPSA) is 40.5 Å². The SMILES string of the molecule is CCCCC(c1ccccc1)(c1ccccc1O)c1ccccc1O. The molecule has 0 fully saturated rings. The Balaban J connectivity index is 2.36. The maximum Gasteiger partial charge on any atom is 0.120 e. The molecule has 2 heteroatoms. The van der Waals surface area contributed by atoms with E-state index in [4.69, 9.17) is 0 Å². The lowest BCUT2D eigenvalue weighted by Gasteiger charge is -2.37. The van der Waals surface area contributed by atoms with Gasteiger partial charge < -0.3 is 10.2 Å². The third-order valence-electron chi connectivity index (χ3n) is 4.90. The molecule has 0 heterocycles. The summed E-state index contributed by atoms with van der Waals surface area (Å²) in [5.74, 6) is 0.511. The van der Waals surface area contributed by atoms with Crippen LogP contribution in [-0.2, 0) is 5.41 Å². The molecule has 0 aliphatic heterocycles. The molecule has 0 radical (unpaired) electrons. The fourth-order valence-corrected chi connectivity index (χ4v) is 3.70. The molecule has 0 aliphatic rings. The first-order valence-electron chi connectivity index (χ1n) is 8.82. The van der Waals surface area contributed by atoms with Gasteiger partial charge in [0.05, 0.1) is 5.41 Å². The van der Waals surface area contributed by atoms with Crippen molar-refractivity contribution >= 4 is 0 Å². The Morgan fingerprint density at radius 2 is 1.16 bits per heavy atom. The standard InChI is InChI=1S/C23H24O2/c1-2-3-17-23(18-11-5-4-6-12-18,19-13-7-9-15-21(19)24)20-14-8-10-16-22(20)25/h4-16,24-25H,2-3,17H2,1H3. The fourth-order valence-electron chi connectivity index (χ4n) is 3.70. The van der Waals surface area contributed by atoms with Crippen LogP contribution < -0.4 is 0 Å². The lowest BCUT2D eigenvalue weighted by atomic mass is 9.66. The van der Waals surface area contributed by atoms with Crippen molar-refractivity contribution in [3.05, 3.63) is 95.6 Å². The smallest absolute Gasteiger partial charge is 0.120 e. The second kappa shape index (κ2) is 7.43. The van der Waals surface area contributed by atoms with Crippen molar-refractivity contribution < 1.29 is 10.2 Å². The van der Waals surface area contributed by atoms with E-state index in [0.29, 0.717) is 0 Å². The van der Waals surface area contributed by atoms with E-state index in [9.17, 15) is 10.2 Å². The first-order valence-corrected chi connectivity index (χ1v) is 8.82. The zero-order chi connectivity index (χ0) is 17.7. The lowest BCUT2D eigenvalue weighted by Crippen LogP contribution is -2.29. The first kappa shape index (κ1) is 17.1. The van der Waals surface area contributed by atoms with Gasteiger partial charge in [-0.05, 0) is 24.1 Å². The minimum atomic E-state index is -0.589. The van der Waals surface area contributed by atoms with Crippen LogP contribution in [0.1, 0.15) is 42.9 Å². The highest BCUT2D eigenvalue weighted by Gasteiger charge is 2.39. The molecule has 3 aromatic rings. The highest BCUT2D eigenvalue weighted by molar-refractivity contribution is 5.58. The minimum Gasteiger partial charge on any atom is -0.508 e. The minimum absolute atomic E-state index is 0.255. The summed E-state index contributed by atoms with van der Waals surface area (Å²) in [6.07, 6.45) is 2.83. The van der Waals surface area contributed by atoms with Crippen LogP contribution in [-0.4, -0.2) is 10.2 Å². The van der Waals surface area contributed by atoms with Crippen LogP contribution in [0.25, 0.3) is 0 Å². The molecule has 128 valence electrons. The third kappa shape index (κ3) is 3.12. The van der Waals surface area contributed by atoms with Gasteiger partial charge in [0, 0.05) is 11.1 Å². The largest absolute Gasteiger partial charge is 0.508 e. The van der Waals surface area contributed by atoms with Crippen molar-refractivity contribution in [3.63, 3.8) is 0 Å². The second-order valence-corrected chi connectivity index (χ2v) is 6.41. The van der Waals surface area contributed by atoms with E-state index in [2.05, 4.69) is 19.1 Å². The lowest BCUT2D eigenvalue weighted by molar-refractivity contribution is 0.420. The van der Waals surface area contributed by atoms with Crippen LogP contribution in [0.4, 0.5) is 0 Å². The fraction of sp³-hybridized carbons (Fsp3) is 0.217. The molecule has 25 heavy (non-hydrogen) atoms. The van der Waals surface area contributed by atoms with E-state index in [1.54, 1.807) is 12.1 Å². The predicted octanol–water partition coefficient (Wildman–Crippen LogP) is 5.62. The summed E-state index contributed by atoms with van der Waals surface area (Å²) in [7, 11) is 0. The summed E-state index contributed by atoms with van der Waals surface area (Å²) in [4.78, 5) is 0. The third-order valence-corrected chi connectivity index (χ3v) is 4.90. The number of benzene rings is 3. The van der Waals surface area contributed by atoms with E-state index < -0.39 is 5.41 Å². The molecular formula is C23H24O2. The molecule has 3 rings (SSSR count). The number of phenolic OH excluding ortho intramolecular Hbond substituents is 2. The molecule has 0 aromatic heterocycles. The average Bonchev–Trinajstić information content (AvgIpc) is 2.65. The van der Waals surface area contributed by atoms with Crippen LogP contribution in [0.5, 0.6) is 11.5 Å². The summed E-state index contributed by atoms with van der Waals surface area (Å²) in [6, 6.07) is 25.1. The highest BCUT2D eigenvalue weighted by Crippen LogP contribution is 2.49. The Bertz CT molecular complexity index is 779. The normalized spacial score (nSPS) is 11.4. The summed E-state index contributed by atoms with van der Waals surface area (Å²) in [6.45, 7) is 2.16. The Morgan fingerprint density at radius 1 is 0.680 bits per heavy atom. The zero-order valence-corrected chi connectivity index (χ0v) is 14.5. The van der Waals surface area contributed by atoms with Crippen molar-refractivity contribution in [1.82, 2.24) is 0 Å². The van der Waals surface area contributed by atoms with Gasteiger partial charge in [-0.3, -0.25) is 0 Å². The number of hydrogen-bond donors (Lipinski definition) is 2. The number of aromatic hydroxyl groups is 2. The Hall–Kier alpha value is -2.74. The number of para-hydroxylation sites is 2. The summed E-state index contributed by atoms with van der Waals surface area (Å²) in [5, 5.41) is 21.4. The molecule has 3 aromatic carbocycles. The first-order chi connectivity index (χ1) is 12.2. The summed E-state index contributed by atoms with van der Waals surface area (Å²) >= 11 is 0. The van der Waals surface area contributed by atoms with E-state index in [-0.39, 0.29) is 11.5 Å². The van der Waals surface area contributed by atoms with Crippen molar-refractivity contribution in [1.29, 1.82) is 0 Å². The predicted molar refractivity (Wildman–Crippen MR) is 102 cm³/mol. The number of phenols is 2. The van der Waals surface area contributed by atoms with Crippen LogP contribution in [0, 0.1) is 0 Å². The maximum atomic E-state index is 10.7. The summed E-state index contributed by atoms with van der Waals surface area (Å²) in [5.41, 5.74) is 2.15. The number of hydrogen-bond acceptors (Lipinski definition) is 2. The van der Waals surface area contributed by atoms with Gasteiger partial charge in [-0.1, -0.05) is 86.5 Å². The van der Waals surface area contributed by atoms with Crippen LogP contribution in [0.15, 0.2) is 78.9 Å². The number of rotatable bonds is 6. The van der Waals surface area contributed by atoms with E-state index in [1.165, 1.54) is 0 Å². The Morgan fingerprint density at radius 3 is 1.64 bits per heavy atom. The van der Waals surface area contributed by atoms with Gasteiger partial charge in [0.1, 0.15) is 11.5 Å². The van der Waals surface area contributed by atoms with Crippen LogP contribution >= 0.6 is 0 Å². The molecular weight excluding hydrogens is 308 g/mol. The van der Waals surface area contributed by atoms with Crippen molar-refractivity contribution in [2.24, 2.45) is 0 Å². The van der Waals surface area contributed by atoms with E-state index >= 15 is 0 Å². The molecule has 0 atom stereocenters. The van der Waals surface area contributed by atoms with Crippen LogP contribution in [0.3, 0.4) is 0 Å². The van der Waals surface area contributed by atoms with Crippen molar-refractivity contribution in [2.45, 2.75) is 31.6 Å². The van der Waals surface area contributed by atoms with E-state index in [0.717, 1.165) is 36.0 Å². The van der Waals surface area contributed by atoms with Gasteiger partial charge in [0.25, 0.3) is 0 Å². The molecule has 0 bridgehead atoms. The number of unbranched alkanes of at least 4 members (excludes halogenated alkanes) is 1. The molecule has 0 saturated heterocycles. The van der Waals surface area contributed by atoms with Gasteiger partial charge in [-0.2, -0.15) is 0 Å². The molecule has 0 aliphatic carbocycles. The molecule has 0 unspecified atom stereocenters. The van der Waals surface area contributed by atoms with Gasteiger partial charge in [-0.15, -0.1) is 0 Å². The zero-order valence-electron chi connectivity index (χ0n) is 14.5. The van der Waals surface area contributed by atoms with Gasteiger partial charge in [0.15, 0.2) is 0 Å². The van der Waals surface area contributed by atoms with Gasteiger partial charge in [0.2, 0.25) is 0 Å². The molecule has 0 spiro atoms. The maximum absolute atomic E-state index is 10.7. The molecule has 2 nitrogen and oxygen atoms in total.